The number of methoxy groups -OCH3 is 1. The largest absolute Gasteiger partial charge is 0.383 e. The van der Waals surface area contributed by atoms with E-state index in [1.807, 2.05) is 18.9 Å². The third-order valence-corrected chi connectivity index (χ3v) is 3.39. The summed E-state index contributed by atoms with van der Waals surface area (Å²) in [5.41, 5.74) is 0. The van der Waals surface area contributed by atoms with E-state index in [-0.39, 0.29) is 30.3 Å². The molecule has 1 rings (SSSR count). The summed E-state index contributed by atoms with van der Waals surface area (Å²) >= 11 is 0. The fourth-order valence-corrected chi connectivity index (χ4v) is 2.21. The number of nitrogens with one attached hydrogen (secondary N) is 1. The first-order valence-corrected chi connectivity index (χ1v) is 6.05. The third-order valence-electron chi connectivity index (χ3n) is 3.39. The number of halogens is 1. The summed E-state index contributed by atoms with van der Waals surface area (Å²) in [4.78, 5) is 14.0. The Kier molecular flexibility index (Phi) is 7.75. The molecule has 5 heteroatoms. The van der Waals surface area contributed by atoms with Crippen LogP contribution < -0.4 is 5.32 Å². The lowest BCUT2D eigenvalue weighted by Gasteiger charge is -2.32. The molecule has 1 fully saturated rings. The van der Waals surface area contributed by atoms with E-state index in [0.29, 0.717) is 12.6 Å². The molecule has 17 heavy (non-hydrogen) atoms. The Morgan fingerprint density at radius 3 is 2.76 bits per heavy atom. The molecule has 1 amide bonds. The molecule has 1 saturated heterocycles. The van der Waals surface area contributed by atoms with Crippen LogP contribution in [0.25, 0.3) is 0 Å². The van der Waals surface area contributed by atoms with Crippen LogP contribution >= 0.6 is 12.4 Å². The van der Waals surface area contributed by atoms with Crippen LogP contribution in [0.15, 0.2) is 0 Å². The molecular weight excluding hydrogens is 240 g/mol. The van der Waals surface area contributed by atoms with Gasteiger partial charge in [0, 0.05) is 26.1 Å². The van der Waals surface area contributed by atoms with Gasteiger partial charge in [0.2, 0.25) is 5.91 Å². The van der Waals surface area contributed by atoms with Crippen LogP contribution in [0.4, 0.5) is 0 Å². The summed E-state index contributed by atoms with van der Waals surface area (Å²) in [6.45, 7) is 5.71. The number of piperidine rings is 1. The molecule has 1 aliphatic heterocycles. The van der Waals surface area contributed by atoms with Crippen LogP contribution in [0, 0.1) is 5.92 Å². The molecule has 0 radical (unpaired) electrons. The maximum absolute atomic E-state index is 12.2. The zero-order valence-corrected chi connectivity index (χ0v) is 12.0. The minimum Gasteiger partial charge on any atom is -0.383 e. The maximum Gasteiger partial charge on any atom is 0.225 e. The summed E-state index contributed by atoms with van der Waals surface area (Å²) in [7, 11) is 3.54. The van der Waals surface area contributed by atoms with Crippen molar-refractivity contribution in [2.24, 2.45) is 5.92 Å². The zero-order valence-electron chi connectivity index (χ0n) is 11.2. The topological polar surface area (TPSA) is 41.6 Å². The minimum absolute atomic E-state index is 0. The first-order valence-electron chi connectivity index (χ1n) is 6.05. The number of likely N-dealkylation sites (N-methyl/N-ethyl adjacent to an activating group) is 1. The maximum atomic E-state index is 12.2. The molecule has 0 aliphatic carbocycles. The van der Waals surface area contributed by atoms with Gasteiger partial charge in [-0.05, 0) is 33.2 Å². The summed E-state index contributed by atoms with van der Waals surface area (Å²) in [6.07, 6.45) is 1.90. The van der Waals surface area contributed by atoms with Gasteiger partial charge in [-0.1, -0.05) is 0 Å². The van der Waals surface area contributed by atoms with Gasteiger partial charge in [0.1, 0.15) is 0 Å². The van der Waals surface area contributed by atoms with E-state index in [1.54, 1.807) is 7.11 Å². The molecular formula is C12H25ClN2O2. The van der Waals surface area contributed by atoms with Crippen LogP contribution in [0.3, 0.4) is 0 Å². The summed E-state index contributed by atoms with van der Waals surface area (Å²) in [5.74, 6) is 0.443. The van der Waals surface area contributed by atoms with E-state index >= 15 is 0 Å². The average molecular weight is 265 g/mol. The Labute approximate surface area is 110 Å². The minimum atomic E-state index is 0. The Morgan fingerprint density at radius 1 is 1.59 bits per heavy atom. The first kappa shape index (κ1) is 16.7. The molecule has 1 unspecified atom stereocenters. The first-order chi connectivity index (χ1) is 7.56. The van der Waals surface area contributed by atoms with Crippen LogP contribution in [-0.2, 0) is 9.53 Å². The van der Waals surface area contributed by atoms with Crippen molar-refractivity contribution in [3.05, 3.63) is 0 Å². The quantitative estimate of drug-likeness (QED) is 0.832. The fraction of sp³-hybridized carbons (Fsp3) is 0.917. The smallest absolute Gasteiger partial charge is 0.225 e. The van der Waals surface area contributed by atoms with Crippen LogP contribution in [0.5, 0.6) is 0 Å². The fourth-order valence-electron chi connectivity index (χ4n) is 2.21. The molecule has 0 bridgehead atoms. The van der Waals surface area contributed by atoms with Crippen molar-refractivity contribution in [2.45, 2.75) is 38.8 Å². The number of ether oxygens (including phenoxy) is 1. The van der Waals surface area contributed by atoms with E-state index in [1.165, 1.54) is 0 Å². The van der Waals surface area contributed by atoms with Crippen molar-refractivity contribution < 1.29 is 9.53 Å². The molecule has 3 atom stereocenters. The molecule has 0 aromatic heterocycles. The number of amides is 1. The second-order valence-corrected chi connectivity index (χ2v) is 4.83. The van der Waals surface area contributed by atoms with Crippen LogP contribution in [-0.4, -0.2) is 50.2 Å². The molecule has 102 valence electrons. The lowest BCUT2D eigenvalue weighted by molar-refractivity contribution is -0.138. The van der Waals surface area contributed by atoms with E-state index < -0.39 is 0 Å². The van der Waals surface area contributed by atoms with Gasteiger partial charge in [-0.2, -0.15) is 0 Å². The molecule has 0 saturated carbocycles. The molecule has 0 spiro atoms. The van der Waals surface area contributed by atoms with Gasteiger partial charge in [0.15, 0.2) is 0 Å². The molecule has 0 aromatic carbocycles. The Morgan fingerprint density at radius 2 is 2.24 bits per heavy atom. The highest BCUT2D eigenvalue weighted by Gasteiger charge is 2.28. The van der Waals surface area contributed by atoms with Gasteiger partial charge in [0.25, 0.3) is 0 Å². The third kappa shape index (κ3) is 4.82. The van der Waals surface area contributed by atoms with Crippen LogP contribution in [0.2, 0.25) is 0 Å². The van der Waals surface area contributed by atoms with Crippen molar-refractivity contribution in [1.29, 1.82) is 0 Å². The Hall–Kier alpha value is -0.320. The number of hydrogen-bond acceptors (Lipinski definition) is 3. The summed E-state index contributed by atoms with van der Waals surface area (Å²) in [5, 5.41) is 3.36. The second-order valence-electron chi connectivity index (χ2n) is 4.83. The molecule has 1 aliphatic rings. The number of hydrogen-bond donors (Lipinski definition) is 1. The number of nitrogens with zero attached hydrogens (tertiary/aromatic N) is 1. The number of carbonyl (C=O) groups is 1. The highest BCUT2D eigenvalue weighted by atomic mass is 35.5. The lowest BCUT2D eigenvalue weighted by atomic mass is 9.92. The Balaban J connectivity index is 0.00000256. The Bertz CT molecular complexity index is 239. The number of carbonyl (C=O) groups excluding carboxylic acids is 1. The van der Waals surface area contributed by atoms with Gasteiger partial charge in [-0.25, -0.2) is 0 Å². The highest BCUT2D eigenvalue weighted by molar-refractivity contribution is 5.85. The van der Waals surface area contributed by atoms with Gasteiger partial charge in [0.05, 0.1) is 12.6 Å². The molecule has 1 heterocycles. The van der Waals surface area contributed by atoms with Gasteiger partial charge >= 0.3 is 0 Å². The van der Waals surface area contributed by atoms with Crippen molar-refractivity contribution in [1.82, 2.24) is 10.2 Å². The summed E-state index contributed by atoms with van der Waals surface area (Å²) < 4.78 is 5.08. The van der Waals surface area contributed by atoms with E-state index in [0.717, 1.165) is 19.4 Å². The standard InChI is InChI=1S/C12H24N2O2.ClH/c1-9-7-11(5-6-13-9)12(15)14(3)10(2)8-16-4;/h9-11,13H,5-8H2,1-4H3;1H/t9-,10?,11-;/m0./s1. The SMILES string of the molecule is COCC(C)N(C)C(=O)[C@H]1CCN[C@@H](C)C1.Cl. The second kappa shape index (κ2) is 7.90. The lowest BCUT2D eigenvalue weighted by Crippen LogP contribution is -2.46. The summed E-state index contributed by atoms with van der Waals surface area (Å²) in [6, 6.07) is 0.608. The average Bonchev–Trinajstić information content (AvgIpc) is 2.27. The zero-order chi connectivity index (χ0) is 12.1. The van der Waals surface area contributed by atoms with Gasteiger partial charge < -0.3 is 15.0 Å². The predicted molar refractivity (Wildman–Crippen MR) is 71.5 cm³/mol. The number of rotatable bonds is 4. The molecule has 1 N–H and O–H groups in total. The van der Waals surface area contributed by atoms with Crippen molar-refractivity contribution >= 4 is 18.3 Å². The van der Waals surface area contributed by atoms with Crippen LogP contribution in [0.1, 0.15) is 26.7 Å². The highest BCUT2D eigenvalue weighted by Crippen LogP contribution is 2.19. The van der Waals surface area contributed by atoms with Crippen molar-refractivity contribution in [3.8, 4) is 0 Å². The van der Waals surface area contributed by atoms with Crippen molar-refractivity contribution in [2.75, 3.05) is 27.3 Å². The molecule has 4 nitrogen and oxygen atoms in total. The van der Waals surface area contributed by atoms with Gasteiger partial charge in [-0.15, -0.1) is 12.4 Å². The van der Waals surface area contributed by atoms with Crippen molar-refractivity contribution in [3.63, 3.8) is 0 Å². The van der Waals surface area contributed by atoms with E-state index in [9.17, 15) is 4.79 Å². The van der Waals surface area contributed by atoms with Gasteiger partial charge in [-0.3, -0.25) is 4.79 Å². The van der Waals surface area contributed by atoms with E-state index in [4.69, 9.17) is 4.74 Å². The normalized spacial score (nSPS) is 25.9. The van der Waals surface area contributed by atoms with E-state index in [2.05, 4.69) is 12.2 Å². The monoisotopic (exact) mass is 264 g/mol. The predicted octanol–water partition coefficient (Wildman–Crippen LogP) is 1.29. The molecule has 0 aromatic rings.